The van der Waals surface area contributed by atoms with Crippen LogP contribution in [0.5, 0.6) is 0 Å². The summed E-state index contributed by atoms with van der Waals surface area (Å²) in [5.74, 6) is 0. The van der Waals surface area contributed by atoms with Crippen LogP contribution in [0.2, 0.25) is 0 Å². The van der Waals surface area contributed by atoms with E-state index in [1.165, 1.54) is 0 Å². The minimum Gasteiger partial charge on any atom is -0.378 e. The molecule has 0 bridgehead atoms. The van der Waals surface area contributed by atoms with Gasteiger partial charge in [0.2, 0.25) is 0 Å². The van der Waals surface area contributed by atoms with Crippen LogP contribution >= 0.6 is 0 Å². The molecule has 0 aliphatic carbocycles. The Morgan fingerprint density at radius 3 is 2.25 bits per heavy atom. The Morgan fingerprint density at radius 1 is 1.05 bits per heavy atom. The van der Waals surface area contributed by atoms with Gasteiger partial charge in [0.1, 0.15) is 0 Å². The van der Waals surface area contributed by atoms with E-state index in [1.807, 2.05) is 56.6 Å². The van der Waals surface area contributed by atoms with Crippen LogP contribution in [0.1, 0.15) is 18.0 Å². The fourth-order valence-corrected chi connectivity index (χ4v) is 2.09. The number of nitriles is 1. The van der Waals surface area contributed by atoms with Crippen molar-refractivity contribution in [3.63, 3.8) is 0 Å². The Bertz CT molecular complexity index is 567. The SMILES string of the molecule is CN(C)c1ccc(NC(CC#N)c2ccccc2)cc1. The molecule has 3 heteroatoms. The van der Waals surface area contributed by atoms with Crippen LogP contribution in [-0.2, 0) is 0 Å². The molecule has 2 rings (SSSR count). The van der Waals surface area contributed by atoms with E-state index in [9.17, 15) is 0 Å². The molecular weight excluding hydrogens is 246 g/mol. The number of hydrogen-bond acceptors (Lipinski definition) is 3. The summed E-state index contributed by atoms with van der Waals surface area (Å²) in [7, 11) is 4.04. The third-order valence-electron chi connectivity index (χ3n) is 3.22. The zero-order chi connectivity index (χ0) is 14.4. The molecule has 0 spiro atoms. The van der Waals surface area contributed by atoms with E-state index >= 15 is 0 Å². The summed E-state index contributed by atoms with van der Waals surface area (Å²) in [5.41, 5.74) is 3.32. The molecule has 1 unspecified atom stereocenters. The largest absolute Gasteiger partial charge is 0.378 e. The molecular formula is C17H19N3. The van der Waals surface area contributed by atoms with Crippen LogP contribution in [0.3, 0.4) is 0 Å². The molecule has 0 saturated carbocycles. The quantitative estimate of drug-likeness (QED) is 0.893. The van der Waals surface area contributed by atoms with Crippen molar-refractivity contribution in [1.82, 2.24) is 0 Å². The molecule has 0 fully saturated rings. The summed E-state index contributed by atoms with van der Waals surface area (Å²) >= 11 is 0. The van der Waals surface area contributed by atoms with E-state index in [4.69, 9.17) is 5.26 Å². The van der Waals surface area contributed by atoms with Crippen LogP contribution in [0.4, 0.5) is 11.4 Å². The van der Waals surface area contributed by atoms with E-state index in [-0.39, 0.29) is 6.04 Å². The van der Waals surface area contributed by atoms with E-state index < -0.39 is 0 Å². The fourth-order valence-electron chi connectivity index (χ4n) is 2.09. The predicted octanol–water partition coefficient (Wildman–Crippen LogP) is 3.82. The molecule has 0 aliphatic rings. The molecule has 2 aromatic carbocycles. The lowest BCUT2D eigenvalue weighted by molar-refractivity contribution is 0.806. The smallest absolute Gasteiger partial charge is 0.0647 e. The molecule has 3 nitrogen and oxygen atoms in total. The first-order chi connectivity index (χ1) is 9.70. The molecule has 102 valence electrons. The van der Waals surface area contributed by atoms with Gasteiger partial charge in [-0.3, -0.25) is 0 Å². The zero-order valence-corrected chi connectivity index (χ0v) is 11.9. The lowest BCUT2D eigenvalue weighted by atomic mass is 10.0. The van der Waals surface area contributed by atoms with Crippen LogP contribution in [0.25, 0.3) is 0 Å². The lowest BCUT2D eigenvalue weighted by Gasteiger charge is -2.19. The van der Waals surface area contributed by atoms with Crippen molar-refractivity contribution in [3.05, 3.63) is 60.2 Å². The highest BCUT2D eigenvalue weighted by Gasteiger charge is 2.10. The molecule has 2 aromatic rings. The first-order valence-electron chi connectivity index (χ1n) is 6.66. The van der Waals surface area contributed by atoms with E-state index in [1.54, 1.807) is 0 Å². The molecule has 20 heavy (non-hydrogen) atoms. The van der Waals surface area contributed by atoms with Crippen molar-refractivity contribution in [3.8, 4) is 6.07 Å². The van der Waals surface area contributed by atoms with Crippen molar-refractivity contribution in [2.24, 2.45) is 0 Å². The van der Waals surface area contributed by atoms with Gasteiger partial charge in [-0.2, -0.15) is 5.26 Å². The van der Waals surface area contributed by atoms with Gasteiger partial charge in [-0.05, 0) is 29.8 Å². The second-order valence-electron chi connectivity index (χ2n) is 4.91. The first kappa shape index (κ1) is 14.0. The second-order valence-corrected chi connectivity index (χ2v) is 4.91. The molecule has 0 radical (unpaired) electrons. The van der Waals surface area contributed by atoms with Crippen molar-refractivity contribution < 1.29 is 0 Å². The van der Waals surface area contributed by atoms with Gasteiger partial charge in [0.05, 0.1) is 18.5 Å². The van der Waals surface area contributed by atoms with Crippen LogP contribution in [0.15, 0.2) is 54.6 Å². The summed E-state index contributed by atoms with van der Waals surface area (Å²) < 4.78 is 0. The summed E-state index contributed by atoms with van der Waals surface area (Å²) in [5, 5.41) is 12.4. The van der Waals surface area contributed by atoms with Gasteiger partial charge in [-0.1, -0.05) is 30.3 Å². The van der Waals surface area contributed by atoms with E-state index in [2.05, 4.69) is 28.4 Å². The highest BCUT2D eigenvalue weighted by atomic mass is 15.1. The second kappa shape index (κ2) is 6.63. The number of benzene rings is 2. The van der Waals surface area contributed by atoms with Gasteiger partial charge in [-0.25, -0.2) is 0 Å². The average Bonchev–Trinajstić information content (AvgIpc) is 2.48. The Labute approximate surface area is 120 Å². The standard InChI is InChI=1S/C17H19N3/c1-20(2)16-10-8-15(9-11-16)19-17(12-13-18)14-6-4-3-5-7-14/h3-11,17,19H,12H2,1-2H3. The third-order valence-corrected chi connectivity index (χ3v) is 3.22. The summed E-state index contributed by atoms with van der Waals surface area (Å²) in [6.45, 7) is 0. The van der Waals surface area contributed by atoms with Crippen LogP contribution in [-0.4, -0.2) is 14.1 Å². The molecule has 0 amide bonds. The number of nitrogens with zero attached hydrogens (tertiary/aromatic N) is 2. The lowest BCUT2D eigenvalue weighted by Crippen LogP contribution is -2.11. The monoisotopic (exact) mass is 265 g/mol. The van der Waals surface area contributed by atoms with E-state index in [0.29, 0.717) is 6.42 Å². The molecule has 0 heterocycles. The Balaban J connectivity index is 2.14. The van der Waals surface area contributed by atoms with Crippen LogP contribution < -0.4 is 10.2 Å². The summed E-state index contributed by atoms with van der Waals surface area (Å²) in [4.78, 5) is 2.06. The minimum absolute atomic E-state index is 0.0198. The maximum atomic E-state index is 9.00. The highest BCUT2D eigenvalue weighted by Crippen LogP contribution is 2.23. The van der Waals surface area contributed by atoms with Gasteiger partial charge >= 0.3 is 0 Å². The van der Waals surface area contributed by atoms with Crippen molar-refractivity contribution in [2.75, 3.05) is 24.3 Å². The zero-order valence-electron chi connectivity index (χ0n) is 11.9. The molecule has 1 atom stereocenters. The van der Waals surface area contributed by atoms with Crippen molar-refractivity contribution >= 4 is 11.4 Å². The molecule has 0 aliphatic heterocycles. The van der Waals surface area contributed by atoms with Gasteiger partial charge in [0.25, 0.3) is 0 Å². The summed E-state index contributed by atoms with van der Waals surface area (Å²) in [6, 6.07) is 20.6. The normalized spacial score (nSPS) is 11.4. The molecule has 0 aromatic heterocycles. The van der Waals surface area contributed by atoms with Crippen molar-refractivity contribution in [1.29, 1.82) is 5.26 Å². The Hall–Kier alpha value is -2.47. The molecule has 1 N–H and O–H groups in total. The Morgan fingerprint density at radius 2 is 1.70 bits per heavy atom. The topological polar surface area (TPSA) is 39.1 Å². The third kappa shape index (κ3) is 3.52. The van der Waals surface area contributed by atoms with E-state index in [0.717, 1.165) is 16.9 Å². The van der Waals surface area contributed by atoms with Crippen molar-refractivity contribution in [2.45, 2.75) is 12.5 Å². The average molecular weight is 265 g/mol. The van der Waals surface area contributed by atoms with Gasteiger partial charge in [0.15, 0.2) is 0 Å². The van der Waals surface area contributed by atoms with Crippen LogP contribution in [0, 0.1) is 11.3 Å². The number of nitrogens with one attached hydrogen (secondary N) is 1. The predicted molar refractivity (Wildman–Crippen MR) is 83.8 cm³/mol. The Kier molecular flexibility index (Phi) is 4.62. The van der Waals surface area contributed by atoms with Gasteiger partial charge in [-0.15, -0.1) is 0 Å². The minimum atomic E-state index is 0.0198. The summed E-state index contributed by atoms with van der Waals surface area (Å²) in [6.07, 6.45) is 0.444. The van der Waals surface area contributed by atoms with Gasteiger partial charge in [0, 0.05) is 25.5 Å². The number of hydrogen-bond donors (Lipinski definition) is 1. The number of anilines is 2. The van der Waals surface area contributed by atoms with Gasteiger partial charge < -0.3 is 10.2 Å². The maximum Gasteiger partial charge on any atom is 0.0647 e. The first-order valence-corrected chi connectivity index (χ1v) is 6.66. The fraction of sp³-hybridized carbons (Fsp3) is 0.235. The molecule has 0 saturated heterocycles. The maximum absolute atomic E-state index is 9.00. The highest BCUT2D eigenvalue weighted by molar-refractivity contribution is 5.55. The number of rotatable bonds is 5.